The van der Waals surface area contributed by atoms with Crippen molar-refractivity contribution < 1.29 is 22.5 Å². The maximum Gasteiger partial charge on any atom is 0.261 e. The first-order chi connectivity index (χ1) is 13.6. The molecule has 158 valence electrons. The Bertz CT molecular complexity index is 972. The van der Waals surface area contributed by atoms with Gasteiger partial charge in [-0.15, -0.1) is 0 Å². The molecule has 0 spiro atoms. The van der Waals surface area contributed by atoms with Gasteiger partial charge in [0, 0.05) is 24.7 Å². The van der Waals surface area contributed by atoms with E-state index >= 15 is 0 Å². The lowest BCUT2D eigenvalue weighted by Crippen LogP contribution is -2.48. The molecule has 0 radical (unpaired) electrons. The highest BCUT2D eigenvalue weighted by molar-refractivity contribution is 7.89. The number of nitrogens with zero attached hydrogens (tertiary/aromatic N) is 2. The zero-order chi connectivity index (χ0) is 21.3. The largest absolute Gasteiger partial charge is 0.373 e. The summed E-state index contributed by atoms with van der Waals surface area (Å²) in [5, 5.41) is 6.67. The topological polar surface area (TPSA) is 102 Å². The molecule has 8 nitrogen and oxygen atoms in total. The third-order valence-electron chi connectivity index (χ3n) is 4.78. The quantitative estimate of drug-likeness (QED) is 0.796. The fourth-order valence-corrected chi connectivity index (χ4v) is 5.03. The zero-order valence-electron chi connectivity index (χ0n) is 17.3. The minimum atomic E-state index is -3.63. The van der Waals surface area contributed by atoms with Crippen molar-refractivity contribution in [3.63, 3.8) is 0 Å². The molecule has 0 unspecified atom stereocenters. The van der Waals surface area contributed by atoms with Gasteiger partial charge in [0.05, 0.1) is 22.8 Å². The average Bonchev–Trinajstić information content (AvgIpc) is 3.03. The van der Waals surface area contributed by atoms with Crippen LogP contribution in [-0.4, -0.2) is 49.1 Å². The molecule has 2 heterocycles. The Hall–Kier alpha value is -2.23. The van der Waals surface area contributed by atoms with Crippen molar-refractivity contribution in [1.82, 2.24) is 9.46 Å². The molecule has 29 heavy (non-hydrogen) atoms. The van der Waals surface area contributed by atoms with Gasteiger partial charge in [-0.1, -0.05) is 19.0 Å². The summed E-state index contributed by atoms with van der Waals surface area (Å²) in [5.41, 5.74) is 1.42. The fraction of sp³-hybridized carbons (Fsp3) is 0.500. The van der Waals surface area contributed by atoms with Crippen LogP contribution in [-0.2, 0) is 14.8 Å². The van der Waals surface area contributed by atoms with Crippen LogP contribution in [0.2, 0.25) is 0 Å². The van der Waals surface area contributed by atoms with Gasteiger partial charge in [0.15, 0.2) is 5.76 Å². The minimum Gasteiger partial charge on any atom is -0.373 e. The molecule has 1 aliphatic rings. The molecule has 1 fully saturated rings. The van der Waals surface area contributed by atoms with E-state index in [1.54, 1.807) is 19.1 Å². The van der Waals surface area contributed by atoms with E-state index in [4.69, 9.17) is 9.26 Å². The molecule has 0 saturated carbocycles. The molecule has 0 bridgehead atoms. The Kier molecular flexibility index (Phi) is 6.11. The Morgan fingerprint density at radius 3 is 2.31 bits per heavy atom. The standard InChI is InChI=1S/C20H27N3O5S/c1-12(2)19-18(15(5)22-28-19)20(24)21-16-6-8-17(9-7-16)29(25,26)23-10-13(3)27-14(4)11-23/h6-9,12-14H,10-11H2,1-5H3,(H,21,24)/t13-,14+. The number of hydrogen-bond donors (Lipinski definition) is 1. The van der Waals surface area contributed by atoms with Gasteiger partial charge < -0.3 is 14.6 Å². The van der Waals surface area contributed by atoms with Crippen LogP contribution in [0.15, 0.2) is 33.7 Å². The molecule has 1 N–H and O–H groups in total. The molecule has 2 aromatic rings. The van der Waals surface area contributed by atoms with Crippen molar-refractivity contribution in [3.05, 3.63) is 41.3 Å². The van der Waals surface area contributed by atoms with Crippen molar-refractivity contribution >= 4 is 21.6 Å². The van der Waals surface area contributed by atoms with E-state index in [0.717, 1.165) is 0 Å². The number of carbonyl (C=O) groups is 1. The van der Waals surface area contributed by atoms with Crippen LogP contribution in [0.1, 0.15) is 55.4 Å². The van der Waals surface area contributed by atoms with Crippen LogP contribution >= 0.6 is 0 Å². The highest BCUT2D eigenvalue weighted by atomic mass is 32.2. The summed E-state index contributed by atoms with van der Waals surface area (Å²) in [7, 11) is -3.63. The Balaban J connectivity index is 1.77. The normalized spacial score (nSPS) is 20.8. The molecule has 1 aromatic heterocycles. The number of aromatic nitrogens is 1. The van der Waals surface area contributed by atoms with E-state index in [2.05, 4.69) is 10.5 Å². The van der Waals surface area contributed by atoms with E-state index in [9.17, 15) is 13.2 Å². The molecule has 1 saturated heterocycles. The smallest absolute Gasteiger partial charge is 0.261 e. The number of benzene rings is 1. The number of aryl methyl sites for hydroxylation is 1. The number of rotatable bonds is 5. The number of nitrogens with one attached hydrogen (secondary N) is 1. The molecule has 1 aromatic carbocycles. The average molecular weight is 422 g/mol. The van der Waals surface area contributed by atoms with E-state index < -0.39 is 10.0 Å². The summed E-state index contributed by atoms with van der Waals surface area (Å²) in [6, 6.07) is 6.16. The van der Waals surface area contributed by atoms with Gasteiger partial charge in [-0.25, -0.2) is 8.42 Å². The Morgan fingerprint density at radius 2 is 1.76 bits per heavy atom. The second kappa shape index (κ2) is 8.25. The molecule has 2 atom stereocenters. The second-order valence-corrected chi connectivity index (χ2v) is 9.66. The number of anilines is 1. The first-order valence-corrected chi connectivity index (χ1v) is 11.1. The van der Waals surface area contributed by atoms with Crippen LogP contribution in [0, 0.1) is 6.92 Å². The lowest BCUT2D eigenvalue weighted by atomic mass is 10.0. The molecule has 1 aliphatic heterocycles. The second-order valence-electron chi connectivity index (χ2n) is 7.72. The van der Waals surface area contributed by atoms with Crippen LogP contribution in [0.5, 0.6) is 0 Å². The van der Waals surface area contributed by atoms with E-state index in [0.29, 0.717) is 35.8 Å². The molecule has 0 aliphatic carbocycles. The lowest BCUT2D eigenvalue weighted by Gasteiger charge is -2.34. The van der Waals surface area contributed by atoms with E-state index in [1.807, 2.05) is 27.7 Å². The number of amides is 1. The number of sulfonamides is 1. The summed E-state index contributed by atoms with van der Waals surface area (Å²) in [5.74, 6) is 0.205. The SMILES string of the molecule is Cc1noc(C(C)C)c1C(=O)Nc1ccc(S(=O)(=O)N2C[C@@H](C)O[C@@H](C)C2)cc1. The highest BCUT2D eigenvalue weighted by Gasteiger charge is 2.32. The van der Waals surface area contributed by atoms with Gasteiger partial charge in [-0.2, -0.15) is 4.31 Å². The van der Waals surface area contributed by atoms with Crippen LogP contribution < -0.4 is 5.32 Å². The maximum atomic E-state index is 12.9. The lowest BCUT2D eigenvalue weighted by molar-refractivity contribution is -0.0440. The van der Waals surface area contributed by atoms with E-state index in [-0.39, 0.29) is 28.9 Å². The van der Waals surface area contributed by atoms with Crippen molar-refractivity contribution in [2.45, 2.75) is 57.6 Å². The van der Waals surface area contributed by atoms with Crippen LogP contribution in [0.3, 0.4) is 0 Å². The van der Waals surface area contributed by atoms with Gasteiger partial charge >= 0.3 is 0 Å². The van der Waals surface area contributed by atoms with Gasteiger partial charge in [-0.3, -0.25) is 4.79 Å². The summed E-state index contributed by atoms with van der Waals surface area (Å²) in [4.78, 5) is 12.9. The third kappa shape index (κ3) is 4.52. The summed E-state index contributed by atoms with van der Waals surface area (Å²) < 4.78 is 38.2. The van der Waals surface area contributed by atoms with Gasteiger partial charge in [0.1, 0.15) is 5.56 Å². The molecule has 3 rings (SSSR count). The summed E-state index contributed by atoms with van der Waals surface area (Å²) in [6.07, 6.45) is -0.317. The predicted molar refractivity (Wildman–Crippen MR) is 108 cm³/mol. The van der Waals surface area contributed by atoms with Crippen molar-refractivity contribution in [1.29, 1.82) is 0 Å². The highest BCUT2D eigenvalue weighted by Crippen LogP contribution is 2.25. The maximum absolute atomic E-state index is 12.9. The molecular weight excluding hydrogens is 394 g/mol. The zero-order valence-corrected chi connectivity index (χ0v) is 18.1. The molecular formula is C20H27N3O5S. The predicted octanol–water partition coefficient (Wildman–Crippen LogP) is 3.16. The monoisotopic (exact) mass is 421 g/mol. The first kappa shape index (κ1) is 21.5. The van der Waals surface area contributed by atoms with E-state index in [1.165, 1.54) is 16.4 Å². The first-order valence-electron chi connectivity index (χ1n) is 9.62. The number of carbonyl (C=O) groups excluding carboxylic acids is 1. The number of hydrogen-bond acceptors (Lipinski definition) is 6. The summed E-state index contributed by atoms with van der Waals surface area (Å²) in [6.45, 7) is 9.90. The third-order valence-corrected chi connectivity index (χ3v) is 6.62. The Morgan fingerprint density at radius 1 is 1.17 bits per heavy atom. The molecule has 9 heteroatoms. The van der Waals surface area contributed by atoms with Crippen LogP contribution in [0.25, 0.3) is 0 Å². The van der Waals surface area contributed by atoms with Gasteiger partial charge in [-0.05, 0) is 45.0 Å². The number of morpholine rings is 1. The van der Waals surface area contributed by atoms with Gasteiger partial charge in [0.25, 0.3) is 5.91 Å². The van der Waals surface area contributed by atoms with Gasteiger partial charge in [0.2, 0.25) is 10.0 Å². The van der Waals surface area contributed by atoms with Crippen molar-refractivity contribution in [3.8, 4) is 0 Å². The fourth-order valence-electron chi connectivity index (χ4n) is 3.44. The number of ether oxygens (including phenoxy) is 1. The van der Waals surface area contributed by atoms with Crippen molar-refractivity contribution in [2.75, 3.05) is 18.4 Å². The molecule has 1 amide bonds. The Labute approximate surface area is 171 Å². The van der Waals surface area contributed by atoms with Crippen molar-refractivity contribution in [2.24, 2.45) is 0 Å². The van der Waals surface area contributed by atoms with Crippen LogP contribution in [0.4, 0.5) is 5.69 Å². The summed E-state index contributed by atoms with van der Waals surface area (Å²) >= 11 is 0. The minimum absolute atomic E-state index is 0.0165.